The lowest BCUT2D eigenvalue weighted by Crippen LogP contribution is -2.28. The molecule has 2 amide bonds. The van der Waals surface area contributed by atoms with E-state index in [0.29, 0.717) is 24.5 Å². The van der Waals surface area contributed by atoms with Gasteiger partial charge in [-0.2, -0.15) is 0 Å². The summed E-state index contributed by atoms with van der Waals surface area (Å²) in [6.07, 6.45) is 1.79. The zero-order valence-electron chi connectivity index (χ0n) is 17.2. The van der Waals surface area contributed by atoms with Gasteiger partial charge in [-0.1, -0.05) is 18.2 Å². The quantitative estimate of drug-likeness (QED) is 0.740. The van der Waals surface area contributed by atoms with E-state index in [1.807, 2.05) is 56.3 Å². The fourth-order valence-electron chi connectivity index (χ4n) is 3.50. The molecule has 0 radical (unpaired) electrons. The van der Waals surface area contributed by atoms with E-state index in [4.69, 9.17) is 9.47 Å². The maximum atomic E-state index is 12.5. The molecule has 1 N–H and O–H groups in total. The molecular weight excluding hydrogens is 368 g/mol. The van der Waals surface area contributed by atoms with Crippen LogP contribution in [0, 0.1) is 0 Å². The van der Waals surface area contributed by atoms with E-state index in [-0.39, 0.29) is 24.3 Å². The molecule has 2 aromatic rings. The summed E-state index contributed by atoms with van der Waals surface area (Å²) >= 11 is 0. The molecule has 1 aliphatic heterocycles. The molecule has 2 aromatic carbocycles. The summed E-state index contributed by atoms with van der Waals surface area (Å²) < 4.78 is 10.9. The van der Waals surface area contributed by atoms with Gasteiger partial charge in [0.25, 0.3) is 0 Å². The number of benzene rings is 2. The normalized spacial score (nSPS) is 14.6. The van der Waals surface area contributed by atoms with Crippen molar-refractivity contribution < 1.29 is 19.1 Å². The number of amides is 2. The topological polar surface area (TPSA) is 67.9 Å². The van der Waals surface area contributed by atoms with Crippen LogP contribution >= 0.6 is 0 Å². The van der Waals surface area contributed by atoms with Crippen LogP contribution in [0.4, 0.5) is 5.69 Å². The summed E-state index contributed by atoms with van der Waals surface area (Å²) in [4.78, 5) is 26.1. The molecule has 154 valence electrons. The second kappa shape index (κ2) is 9.45. The van der Waals surface area contributed by atoms with Crippen molar-refractivity contribution in [3.8, 4) is 11.5 Å². The van der Waals surface area contributed by atoms with Crippen LogP contribution in [-0.2, 0) is 16.0 Å². The molecule has 1 unspecified atom stereocenters. The predicted octanol–water partition coefficient (Wildman–Crippen LogP) is 3.64. The molecule has 1 heterocycles. The van der Waals surface area contributed by atoms with Crippen LogP contribution in [0.1, 0.15) is 43.9 Å². The highest BCUT2D eigenvalue weighted by Crippen LogP contribution is 2.30. The van der Waals surface area contributed by atoms with Crippen molar-refractivity contribution in [2.24, 2.45) is 0 Å². The largest absolute Gasteiger partial charge is 0.493 e. The highest BCUT2D eigenvalue weighted by Gasteiger charge is 2.21. The van der Waals surface area contributed by atoms with Crippen LogP contribution in [0.5, 0.6) is 11.5 Å². The zero-order chi connectivity index (χ0) is 20.8. The van der Waals surface area contributed by atoms with Crippen molar-refractivity contribution in [2.75, 3.05) is 25.2 Å². The van der Waals surface area contributed by atoms with Crippen molar-refractivity contribution in [1.29, 1.82) is 0 Å². The van der Waals surface area contributed by atoms with Crippen molar-refractivity contribution in [2.45, 2.75) is 39.2 Å². The van der Waals surface area contributed by atoms with Crippen molar-refractivity contribution in [3.05, 3.63) is 53.6 Å². The van der Waals surface area contributed by atoms with E-state index in [1.54, 1.807) is 12.0 Å². The van der Waals surface area contributed by atoms with Gasteiger partial charge in [0, 0.05) is 18.7 Å². The van der Waals surface area contributed by atoms with E-state index in [0.717, 1.165) is 29.8 Å². The highest BCUT2D eigenvalue weighted by atomic mass is 16.5. The van der Waals surface area contributed by atoms with E-state index < -0.39 is 0 Å². The Morgan fingerprint density at radius 2 is 1.93 bits per heavy atom. The van der Waals surface area contributed by atoms with Gasteiger partial charge >= 0.3 is 0 Å². The molecule has 6 heteroatoms. The first kappa shape index (κ1) is 20.7. The molecule has 0 spiro atoms. The number of hydrogen-bond acceptors (Lipinski definition) is 4. The van der Waals surface area contributed by atoms with E-state index >= 15 is 0 Å². The van der Waals surface area contributed by atoms with Gasteiger partial charge in [0.2, 0.25) is 11.8 Å². The van der Waals surface area contributed by atoms with Crippen LogP contribution in [0.15, 0.2) is 42.5 Å². The maximum absolute atomic E-state index is 12.5. The lowest BCUT2D eigenvalue weighted by atomic mass is 10.1. The molecule has 1 atom stereocenters. The third-order valence-corrected chi connectivity index (χ3v) is 5.05. The smallest absolute Gasteiger partial charge is 0.227 e. The van der Waals surface area contributed by atoms with Crippen molar-refractivity contribution in [3.63, 3.8) is 0 Å². The van der Waals surface area contributed by atoms with Crippen LogP contribution in [0.25, 0.3) is 0 Å². The molecule has 1 saturated heterocycles. The molecule has 1 aliphatic rings. The van der Waals surface area contributed by atoms with Gasteiger partial charge in [-0.15, -0.1) is 0 Å². The Balaban J connectivity index is 1.59. The fourth-order valence-corrected chi connectivity index (χ4v) is 3.50. The molecule has 3 rings (SSSR count). The average Bonchev–Trinajstić information content (AvgIpc) is 3.14. The standard InChI is InChI=1S/C23H28N2O4/c1-4-29-20-12-9-18(15-21(20)28-3)16(2)24-22(26)14-17-7-10-19(11-8-17)25-13-5-6-23(25)27/h7-12,15-16H,4-6,13-14H2,1-3H3,(H,24,26). The first-order chi connectivity index (χ1) is 14.0. The Morgan fingerprint density at radius 3 is 2.55 bits per heavy atom. The zero-order valence-corrected chi connectivity index (χ0v) is 17.2. The lowest BCUT2D eigenvalue weighted by Gasteiger charge is -2.18. The fraction of sp³-hybridized carbons (Fsp3) is 0.391. The van der Waals surface area contributed by atoms with Crippen LogP contribution in [0.2, 0.25) is 0 Å². The molecule has 0 aromatic heterocycles. The van der Waals surface area contributed by atoms with E-state index in [9.17, 15) is 9.59 Å². The Hall–Kier alpha value is -3.02. The Morgan fingerprint density at radius 1 is 1.17 bits per heavy atom. The molecule has 0 saturated carbocycles. The maximum Gasteiger partial charge on any atom is 0.227 e. The minimum Gasteiger partial charge on any atom is -0.493 e. The summed E-state index contributed by atoms with van der Waals surface area (Å²) in [5, 5.41) is 3.02. The Labute approximate surface area is 171 Å². The number of anilines is 1. The minimum atomic E-state index is -0.159. The second-order valence-electron chi connectivity index (χ2n) is 7.12. The Bertz CT molecular complexity index is 864. The summed E-state index contributed by atoms with van der Waals surface area (Å²) in [5.74, 6) is 1.44. The monoisotopic (exact) mass is 396 g/mol. The summed E-state index contributed by atoms with van der Waals surface area (Å²) in [6.45, 7) is 5.19. The Kier molecular flexibility index (Phi) is 6.75. The van der Waals surface area contributed by atoms with Gasteiger partial charge in [-0.25, -0.2) is 0 Å². The molecule has 6 nitrogen and oxygen atoms in total. The molecule has 0 bridgehead atoms. The number of hydrogen-bond donors (Lipinski definition) is 1. The molecule has 0 aliphatic carbocycles. The number of nitrogens with zero attached hydrogens (tertiary/aromatic N) is 1. The second-order valence-corrected chi connectivity index (χ2v) is 7.12. The number of methoxy groups -OCH3 is 1. The van der Waals surface area contributed by atoms with Crippen LogP contribution in [-0.4, -0.2) is 32.1 Å². The number of ether oxygens (including phenoxy) is 2. The first-order valence-electron chi connectivity index (χ1n) is 10.0. The predicted molar refractivity (Wildman–Crippen MR) is 112 cm³/mol. The summed E-state index contributed by atoms with van der Waals surface area (Å²) in [7, 11) is 1.60. The van der Waals surface area contributed by atoms with Gasteiger partial charge < -0.3 is 19.7 Å². The first-order valence-corrected chi connectivity index (χ1v) is 10.0. The number of rotatable bonds is 8. The summed E-state index contributed by atoms with van der Waals surface area (Å²) in [6, 6.07) is 13.2. The van der Waals surface area contributed by atoms with Gasteiger partial charge in [-0.05, 0) is 55.7 Å². The lowest BCUT2D eigenvalue weighted by molar-refractivity contribution is -0.121. The van der Waals surface area contributed by atoms with Crippen LogP contribution in [0.3, 0.4) is 0 Å². The minimum absolute atomic E-state index is 0.0599. The highest BCUT2D eigenvalue weighted by molar-refractivity contribution is 5.95. The third kappa shape index (κ3) is 5.08. The third-order valence-electron chi connectivity index (χ3n) is 5.05. The van der Waals surface area contributed by atoms with Crippen molar-refractivity contribution >= 4 is 17.5 Å². The number of carbonyl (C=O) groups is 2. The van der Waals surface area contributed by atoms with Crippen molar-refractivity contribution in [1.82, 2.24) is 5.32 Å². The molecule has 29 heavy (non-hydrogen) atoms. The van der Waals surface area contributed by atoms with E-state index in [1.165, 1.54) is 0 Å². The number of nitrogens with one attached hydrogen (secondary N) is 1. The van der Waals surface area contributed by atoms with Gasteiger partial charge in [0.1, 0.15) is 0 Å². The van der Waals surface area contributed by atoms with Gasteiger partial charge in [0.15, 0.2) is 11.5 Å². The van der Waals surface area contributed by atoms with Gasteiger partial charge in [0.05, 0.1) is 26.2 Å². The SMILES string of the molecule is CCOc1ccc(C(C)NC(=O)Cc2ccc(N3CCCC3=O)cc2)cc1OC. The van der Waals surface area contributed by atoms with Crippen LogP contribution < -0.4 is 19.7 Å². The number of carbonyl (C=O) groups excluding carboxylic acids is 2. The van der Waals surface area contributed by atoms with E-state index in [2.05, 4.69) is 5.32 Å². The van der Waals surface area contributed by atoms with Gasteiger partial charge in [-0.3, -0.25) is 9.59 Å². The molecule has 1 fully saturated rings. The summed E-state index contributed by atoms with van der Waals surface area (Å²) in [5.41, 5.74) is 2.75. The average molecular weight is 396 g/mol. The molecular formula is C23H28N2O4.